The molecule has 0 radical (unpaired) electrons. The summed E-state index contributed by atoms with van der Waals surface area (Å²) in [6, 6.07) is 0. The molecule has 2 N–H and O–H groups in total. The van der Waals surface area contributed by atoms with Gasteiger partial charge < -0.3 is 15.2 Å². The SMILES string of the molecule is COC1CC(CN)(N2CC(C)(C)OC(C)(C)C2)C1. The van der Waals surface area contributed by atoms with E-state index in [4.69, 9.17) is 15.2 Å². The summed E-state index contributed by atoms with van der Waals surface area (Å²) >= 11 is 0. The van der Waals surface area contributed by atoms with E-state index in [2.05, 4.69) is 32.6 Å². The number of hydrogen-bond donors (Lipinski definition) is 1. The summed E-state index contributed by atoms with van der Waals surface area (Å²) in [6.07, 6.45) is 2.47. The monoisotopic (exact) mass is 256 g/mol. The van der Waals surface area contributed by atoms with Crippen LogP contribution in [0.25, 0.3) is 0 Å². The van der Waals surface area contributed by atoms with Gasteiger partial charge in [0.2, 0.25) is 0 Å². The summed E-state index contributed by atoms with van der Waals surface area (Å²) < 4.78 is 11.6. The Hall–Kier alpha value is -0.160. The van der Waals surface area contributed by atoms with Crippen molar-refractivity contribution >= 4 is 0 Å². The van der Waals surface area contributed by atoms with Gasteiger partial charge in [0.05, 0.1) is 17.3 Å². The molecule has 0 aromatic carbocycles. The highest BCUT2D eigenvalue weighted by atomic mass is 16.5. The van der Waals surface area contributed by atoms with Crippen LogP contribution in [0.1, 0.15) is 40.5 Å². The molecule has 1 heterocycles. The first kappa shape index (κ1) is 14.3. The highest BCUT2D eigenvalue weighted by Gasteiger charge is 2.52. The normalized spacial score (nSPS) is 39.3. The minimum Gasteiger partial charge on any atom is -0.381 e. The fraction of sp³-hybridized carbons (Fsp3) is 1.00. The second-order valence-electron chi connectivity index (χ2n) is 7.17. The van der Waals surface area contributed by atoms with Gasteiger partial charge in [0.15, 0.2) is 0 Å². The van der Waals surface area contributed by atoms with Gasteiger partial charge in [-0.25, -0.2) is 0 Å². The molecule has 0 bridgehead atoms. The molecule has 0 atom stereocenters. The Bertz CT molecular complexity index is 293. The smallest absolute Gasteiger partial charge is 0.0761 e. The molecule has 4 heteroatoms. The van der Waals surface area contributed by atoms with E-state index in [1.165, 1.54) is 0 Å². The first-order valence-electron chi connectivity index (χ1n) is 6.90. The quantitative estimate of drug-likeness (QED) is 0.829. The van der Waals surface area contributed by atoms with Gasteiger partial charge in [0.1, 0.15) is 0 Å². The minimum absolute atomic E-state index is 0.109. The second-order valence-corrected chi connectivity index (χ2v) is 7.17. The summed E-state index contributed by atoms with van der Waals surface area (Å²) in [5.74, 6) is 0. The third-order valence-electron chi connectivity index (χ3n) is 4.30. The van der Waals surface area contributed by atoms with Crippen molar-refractivity contribution in [2.45, 2.75) is 63.4 Å². The Kier molecular flexibility index (Phi) is 3.52. The van der Waals surface area contributed by atoms with E-state index in [0.717, 1.165) is 25.9 Å². The van der Waals surface area contributed by atoms with Crippen LogP contribution in [0.2, 0.25) is 0 Å². The number of ether oxygens (including phenoxy) is 2. The molecule has 0 amide bonds. The number of nitrogens with two attached hydrogens (primary N) is 1. The van der Waals surface area contributed by atoms with Crippen LogP contribution in [0.3, 0.4) is 0 Å². The Morgan fingerprint density at radius 2 is 1.67 bits per heavy atom. The van der Waals surface area contributed by atoms with Crippen molar-refractivity contribution in [3.63, 3.8) is 0 Å². The van der Waals surface area contributed by atoms with E-state index < -0.39 is 0 Å². The van der Waals surface area contributed by atoms with Crippen molar-refractivity contribution in [2.24, 2.45) is 5.73 Å². The predicted octanol–water partition coefficient (Wildman–Crippen LogP) is 1.38. The first-order valence-corrected chi connectivity index (χ1v) is 6.90. The number of hydrogen-bond acceptors (Lipinski definition) is 4. The largest absolute Gasteiger partial charge is 0.381 e. The van der Waals surface area contributed by atoms with E-state index in [1.54, 1.807) is 7.11 Å². The molecule has 1 aliphatic heterocycles. The average molecular weight is 256 g/mol. The van der Waals surface area contributed by atoms with E-state index in [-0.39, 0.29) is 16.7 Å². The van der Waals surface area contributed by atoms with Crippen LogP contribution in [0.5, 0.6) is 0 Å². The molecule has 0 unspecified atom stereocenters. The van der Waals surface area contributed by atoms with Gasteiger partial charge in [-0.05, 0) is 40.5 Å². The molecule has 18 heavy (non-hydrogen) atoms. The Morgan fingerprint density at radius 1 is 1.17 bits per heavy atom. The summed E-state index contributed by atoms with van der Waals surface area (Å²) in [5, 5.41) is 0. The lowest BCUT2D eigenvalue weighted by Crippen LogP contribution is -2.71. The maximum absolute atomic E-state index is 6.14. The molecular weight excluding hydrogens is 228 g/mol. The van der Waals surface area contributed by atoms with E-state index in [1.807, 2.05) is 0 Å². The van der Waals surface area contributed by atoms with Crippen LogP contribution < -0.4 is 5.73 Å². The van der Waals surface area contributed by atoms with Crippen LogP contribution in [-0.2, 0) is 9.47 Å². The van der Waals surface area contributed by atoms with Gasteiger partial charge in [0.25, 0.3) is 0 Å². The fourth-order valence-corrected chi connectivity index (χ4v) is 3.63. The van der Waals surface area contributed by atoms with Crippen LogP contribution >= 0.6 is 0 Å². The van der Waals surface area contributed by atoms with Crippen molar-refractivity contribution in [2.75, 3.05) is 26.7 Å². The molecular formula is C14H28N2O2. The molecule has 106 valence electrons. The second kappa shape index (κ2) is 4.44. The maximum atomic E-state index is 6.14. The summed E-state index contributed by atoms with van der Waals surface area (Å²) in [5.41, 5.74) is 5.96. The van der Waals surface area contributed by atoms with Crippen molar-refractivity contribution < 1.29 is 9.47 Å². The van der Waals surface area contributed by atoms with Gasteiger partial charge in [-0.2, -0.15) is 0 Å². The van der Waals surface area contributed by atoms with Gasteiger partial charge >= 0.3 is 0 Å². The number of rotatable bonds is 3. The van der Waals surface area contributed by atoms with Gasteiger partial charge in [0, 0.05) is 32.3 Å². The maximum Gasteiger partial charge on any atom is 0.0761 e. The molecule has 0 spiro atoms. The van der Waals surface area contributed by atoms with Crippen LogP contribution in [0.15, 0.2) is 0 Å². The third kappa shape index (κ3) is 2.57. The number of nitrogens with zero attached hydrogens (tertiary/aromatic N) is 1. The highest BCUT2D eigenvalue weighted by molar-refractivity contribution is 5.08. The van der Waals surface area contributed by atoms with Gasteiger partial charge in [-0.1, -0.05) is 0 Å². The number of methoxy groups -OCH3 is 1. The molecule has 2 aliphatic rings. The van der Waals surface area contributed by atoms with Gasteiger partial charge in [-0.15, -0.1) is 0 Å². The van der Waals surface area contributed by atoms with E-state index >= 15 is 0 Å². The van der Waals surface area contributed by atoms with Crippen LogP contribution in [-0.4, -0.2) is 54.5 Å². The molecule has 2 fully saturated rings. The third-order valence-corrected chi connectivity index (χ3v) is 4.30. The van der Waals surface area contributed by atoms with Crippen molar-refractivity contribution in [1.29, 1.82) is 0 Å². The van der Waals surface area contributed by atoms with Crippen molar-refractivity contribution in [1.82, 2.24) is 4.90 Å². The van der Waals surface area contributed by atoms with Gasteiger partial charge in [-0.3, -0.25) is 4.90 Å². The van der Waals surface area contributed by atoms with Crippen molar-refractivity contribution in [3.8, 4) is 0 Å². The zero-order valence-corrected chi connectivity index (χ0v) is 12.5. The highest BCUT2D eigenvalue weighted by Crippen LogP contribution is 2.42. The number of morpholine rings is 1. The van der Waals surface area contributed by atoms with E-state index in [9.17, 15) is 0 Å². The summed E-state index contributed by atoms with van der Waals surface area (Å²) in [7, 11) is 1.79. The Labute approximate surface area is 111 Å². The topological polar surface area (TPSA) is 47.7 Å². The molecule has 0 aromatic heterocycles. The first-order chi connectivity index (χ1) is 8.22. The summed E-state index contributed by atoms with van der Waals surface area (Å²) in [4.78, 5) is 2.53. The average Bonchev–Trinajstić information content (AvgIpc) is 2.12. The van der Waals surface area contributed by atoms with Crippen molar-refractivity contribution in [3.05, 3.63) is 0 Å². The zero-order valence-electron chi connectivity index (χ0n) is 12.5. The molecule has 2 rings (SSSR count). The molecule has 1 saturated carbocycles. The summed E-state index contributed by atoms with van der Waals surface area (Å²) in [6.45, 7) is 11.3. The molecule has 1 aliphatic carbocycles. The lowest BCUT2D eigenvalue weighted by Gasteiger charge is -2.59. The minimum atomic E-state index is -0.109. The zero-order chi connectivity index (χ0) is 13.6. The van der Waals surface area contributed by atoms with Crippen LogP contribution in [0, 0.1) is 0 Å². The standard InChI is InChI=1S/C14H28N2O2/c1-12(2)9-16(10-13(3,4)18-12)14(8-15)6-11(7-14)17-5/h11H,6-10,15H2,1-5H3. The predicted molar refractivity (Wildman–Crippen MR) is 72.6 cm³/mol. The fourth-order valence-electron chi connectivity index (χ4n) is 3.63. The lowest BCUT2D eigenvalue weighted by molar-refractivity contribution is -0.218. The molecule has 0 aromatic rings. The van der Waals surface area contributed by atoms with E-state index in [0.29, 0.717) is 12.6 Å². The molecule has 4 nitrogen and oxygen atoms in total. The van der Waals surface area contributed by atoms with Crippen LogP contribution in [0.4, 0.5) is 0 Å². The Balaban J connectivity index is 2.12. The lowest BCUT2D eigenvalue weighted by atomic mass is 9.71. The molecule has 1 saturated heterocycles. The Morgan fingerprint density at radius 3 is 2.06 bits per heavy atom.